The Morgan fingerprint density at radius 2 is 1.05 bits per heavy atom. The van der Waals surface area contributed by atoms with Gasteiger partial charge in [-0.15, -0.1) is 0 Å². The third-order valence-corrected chi connectivity index (χ3v) is 3.92. The van der Waals surface area contributed by atoms with E-state index < -0.39 is 0 Å². The van der Waals surface area contributed by atoms with Gasteiger partial charge in [-0.2, -0.15) is 0 Å². The van der Waals surface area contributed by atoms with Crippen molar-refractivity contribution in [3.8, 4) is 0 Å². The first-order valence-electron chi connectivity index (χ1n) is 8.93. The normalized spacial score (nSPS) is 10.9. The molecule has 0 amide bonds. The van der Waals surface area contributed by atoms with Crippen molar-refractivity contribution in [2.24, 2.45) is 0 Å². The third-order valence-electron chi connectivity index (χ3n) is 3.92. The zero-order valence-corrected chi connectivity index (χ0v) is 13.7. The fraction of sp³-hybridized carbons (Fsp3) is 0.944. The summed E-state index contributed by atoms with van der Waals surface area (Å²) >= 11 is 0. The average molecular weight is 284 g/mol. The van der Waals surface area contributed by atoms with Crippen molar-refractivity contribution >= 4 is 5.78 Å². The summed E-state index contributed by atoms with van der Waals surface area (Å²) in [6.45, 7) is 2.55. The van der Waals surface area contributed by atoms with Gasteiger partial charge in [0.25, 0.3) is 0 Å². The number of hydrogen-bond acceptors (Lipinski definition) is 2. The largest absolute Gasteiger partial charge is 0.396 e. The number of ketones is 1. The monoisotopic (exact) mass is 284 g/mol. The number of Topliss-reactive ketones (excluding diaryl/α,β-unsaturated/α-hetero) is 1. The van der Waals surface area contributed by atoms with Crippen LogP contribution in [0.15, 0.2) is 0 Å². The van der Waals surface area contributed by atoms with Crippen LogP contribution in [0.5, 0.6) is 0 Å². The van der Waals surface area contributed by atoms with Crippen LogP contribution in [0.1, 0.15) is 103 Å². The summed E-state index contributed by atoms with van der Waals surface area (Å²) in [4.78, 5) is 11.7. The molecule has 0 atom stereocenters. The molecule has 20 heavy (non-hydrogen) atoms. The van der Waals surface area contributed by atoms with Crippen LogP contribution in [0.4, 0.5) is 0 Å². The summed E-state index contributed by atoms with van der Waals surface area (Å²) in [5.41, 5.74) is 0. The van der Waals surface area contributed by atoms with Crippen LogP contribution >= 0.6 is 0 Å². The minimum atomic E-state index is 0.303. The third kappa shape index (κ3) is 15.7. The average Bonchev–Trinajstić information content (AvgIpc) is 2.45. The molecule has 2 nitrogen and oxygen atoms in total. The molecule has 0 bridgehead atoms. The van der Waals surface area contributed by atoms with Crippen LogP contribution in [-0.2, 0) is 4.79 Å². The molecule has 0 aliphatic heterocycles. The second kappa shape index (κ2) is 16.7. The van der Waals surface area contributed by atoms with Crippen LogP contribution < -0.4 is 0 Å². The molecule has 0 saturated heterocycles. The Balaban J connectivity index is 3.12. The van der Waals surface area contributed by atoms with Gasteiger partial charge in [-0.25, -0.2) is 0 Å². The van der Waals surface area contributed by atoms with Crippen molar-refractivity contribution in [3.05, 3.63) is 0 Å². The Kier molecular flexibility index (Phi) is 16.4. The number of unbranched alkanes of at least 4 members (excludes halogenated alkanes) is 11. The highest BCUT2D eigenvalue weighted by molar-refractivity contribution is 5.78. The van der Waals surface area contributed by atoms with Crippen LogP contribution in [0.25, 0.3) is 0 Å². The van der Waals surface area contributed by atoms with E-state index in [4.69, 9.17) is 5.11 Å². The molecule has 0 aromatic heterocycles. The van der Waals surface area contributed by atoms with Crippen LogP contribution in [0.3, 0.4) is 0 Å². The van der Waals surface area contributed by atoms with E-state index in [0.29, 0.717) is 12.4 Å². The summed E-state index contributed by atoms with van der Waals surface area (Å²) in [6.07, 6.45) is 17.3. The smallest absolute Gasteiger partial charge is 0.132 e. The Morgan fingerprint density at radius 3 is 1.50 bits per heavy atom. The first-order chi connectivity index (χ1) is 9.81. The predicted molar refractivity (Wildman–Crippen MR) is 87.0 cm³/mol. The van der Waals surface area contributed by atoms with Gasteiger partial charge in [0.2, 0.25) is 0 Å². The molecule has 120 valence electrons. The second-order valence-corrected chi connectivity index (χ2v) is 6.00. The molecule has 0 radical (unpaired) electrons. The van der Waals surface area contributed by atoms with Gasteiger partial charge in [0.05, 0.1) is 0 Å². The highest BCUT2D eigenvalue weighted by Gasteiger charge is 2.01. The van der Waals surface area contributed by atoms with Crippen molar-refractivity contribution in [2.75, 3.05) is 6.61 Å². The Bertz CT molecular complexity index is 202. The minimum Gasteiger partial charge on any atom is -0.396 e. The summed E-state index contributed by atoms with van der Waals surface area (Å²) in [7, 11) is 0. The van der Waals surface area contributed by atoms with Gasteiger partial charge in [-0.1, -0.05) is 71.1 Å². The molecule has 0 saturated carbocycles. The molecule has 0 aliphatic rings. The molecule has 0 aromatic carbocycles. The standard InChI is InChI=1S/C18H36O2/c1-2-3-4-5-6-7-9-12-15-18(20)16-13-10-8-11-14-17-19/h19H,2-17H2,1H3. The number of aliphatic hydroxyl groups is 1. The maximum Gasteiger partial charge on any atom is 0.132 e. The summed E-state index contributed by atoms with van der Waals surface area (Å²) in [5.74, 6) is 0.457. The Morgan fingerprint density at radius 1 is 0.650 bits per heavy atom. The molecule has 0 heterocycles. The summed E-state index contributed by atoms with van der Waals surface area (Å²) in [5, 5.41) is 8.66. The molecule has 2 heteroatoms. The van der Waals surface area contributed by atoms with Gasteiger partial charge in [0.15, 0.2) is 0 Å². The second-order valence-electron chi connectivity index (χ2n) is 6.00. The lowest BCUT2D eigenvalue weighted by atomic mass is 10.0. The lowest BCUT2D eigenvalue weighted by Gasteiger charge is -2.03. The molecule has 0 aromatic rings. The van der Waals surface area contributed by atoms with Crippen molar-refractivity contribution in [1.29, 1.82) is 0 Å². The topological polar surface area (TPSA) is 37.3 Å². The van der Waals surface area contributed by atoms with E-state index >= 15 is 0 Å². The summed E-state index contributed by atoms with van der Waals surface area (Å²) in [6, 6.07) is 0. The number of aliphatic hydroxyl groups excluding tert-OH is 1. The van der Waals surface area contributed by atoms with Gasteiger partial charge in [0, 0.05) is 19.4 Å². The maximum atomic E-state index is 11.7. The minimum absolute atomic E-state index is 0.303. The first kappa shape index (κ1) is 19.6. The molecule has 0 rings (SSSR count). The summed E-state index contributed by atoms with van der Waals surface area (Å²) < 4.78 is 0. The van der Waals surface area contributed by atoms with E-state index in [2.05, 4.69) is 6.92 Å². The molecule has 0 unspecified atom stereocenters. The zero-order chi connectivity index (χ0) is 14.9. The van der Waals surface area contributed by atoms with Crippen LogP contribution in [0, 0.1) is 0 Å². The van der Waals surface area contributed by atoms with Gasteiger partial charge in [0.1, 0.15) is 5.78 Å². The van der Waals surface area contributed by atoms with Crippen molar-refractivity contribution in [3.63, 3.8) is 0 Å². The van der Waals surface area contributed by atoms with Crippen molar-refractivity contribution in [1.82, 2.24) is 0 Å². The quantitative estimate of drug-likeness (QED) is 0.384. The van der Waals surface area contributed by atoms with E-state index in [1.807, 2.05) is 0 Å². The van der Waals surface area contributed by atoms with Crippen molar-refractivity contribution < 1.29 is 9.90 Å². The number of carbonyl (C=O) groups excluding carboxylic acids is 1. The molecule has 0 spiro atoms. The molecule has 0 fully saturated rings. The number of hydrogen-bond donors (Lipinski definition) is 1. The van der Waals surface area contributed by atoms with Crippen LogP contribution in [0.2, 0.25) is 0 Å². The van der Waals surface area contributed by atoms with E-state index in [1.54, 1.807) is 0 Å². The van der Waals surface area contributed by atoms with Gasteiger partial charge in [-0.3, -0.25) is 4.79 Å². The van der Waals surface area contributed by atoms with E-state index in [-0.39, 0.29) is 0 Å². The SMILES string of the molecule is CCCCCCCCCCC(=O)CCCCCCCO. The van der Waals surface area contributed by atoms with Gasteiger partial charge in [-0.05, 0) is 19.3 Å². The molecule has 0 aliphatic carbocycles. The van der Waals surface area contributed by atoms with Gasteiger partial charge >= 0.3 is 0 Å². The fourth-order valence-electron chi connectivity index (χ4n) is 2.55. The fourth-order valence-corrected chi connectivity index (χ4v) is 2.55. The lowest BCUT2D eigenvalue weighted by Crippen LogP contribution is -1.97. The zero-order valence-electron chi connectivity index (χ0n) is 13.7. The highest BCUT2D eigenvalue weighted by Crippen LogP contribution is 2.11. The predicted octanol–water partition coefficient (Wildman–Crippen LogP) is 5.42. The van der Waals surface area contributed by atoms with Crippen molar-refractivity contribution in [2.45, 2.75) is 103 Å². The molecule has 1 N–H and O–H groups in total. The first-order valence-corrected chi connectivity index (χ1v) is 8.93. The van der Waals surface area contributed by atoms with E-state index in [0.717, 1.165) is 51.4 Å². The Labute approximate surface area is 126 Å². The highest BCUT2D eigenvalue weighted by atomic mass is 16.2. The number of rotatable bonds is 16. The van der Waals surface area contributed by atoms with Gasteiger partial charge < -0.3 is 5.11 Å². The molecular formula is C18H36O2. The molecular weight excluding hydrogens is 248 g/mol. The number of carbonyl (C=O) groups is 1. The Hall–Kier alpha value is -0.370. The van der Waals surface area contributed by atoms with Crippen LogP contribution in [-0.4, -0.2) is 17.5 Å². The van der Waals surface area contributed by atoms with E-state index in [9.17, 15) is 4.79 Å². The maximum absolute atomic E-state index is 11.7. The lowest BCUT2D eigenvalue weighted by molar-refractivity contribution is -0.119. The van der Waals surface area contributed by atoms with E-state index in [1.165, 1.54) is 44.9 Å².